The minimum Gasteiger partial charge on any atom is -0.298 e. The molecule has 0 fully saturated rings. The molecule has 188 valence electrons. The van der Waals surface area contributed by atoms with Gasteiger partial charge in [0.25, 0.3) is 5.91 Å². The molecule has 0 aliphatic heterocycles. The summed E-state index contributed by atoms with van der Waals surface area (Å²) in [5.74, 6) is -0.736. The molecule has 1 amide bonds. The number of carbonyl (C=O) groups is 2. The summed E-state index contributed by atoms with van der Waals surface area (Å²) in [4.78, 5) is 30.8. The molecule has 1 aromatic heterocycles. The van der Waals surface area contributed by atoms with Crippen LogP contribution in [0.5, 0.6) is 0 Å². The number of anilines is 1. The maximum absolute atomic E-state index is 13.1. The number of aromatic nitrogens is 1. The second kappa shape index (κ2) is 11.0. The molecule has 0 aliphatic carbocycles. The topological polar surface area (TPSA) is 96.4 Å². The number of rotatable bonds is 10. The molecule has 0 aliphatic rings. The molecule has 9 heteroatoms. The molecule has 1 heterocycles. The van der Waals surface area contributed by atoms with Crippen LogP contribution in [0.1, 0.15) is 31.8 Å². The lowest BCUT2D eigenvalue weighted by atomic mass is 9.97. The SMILES string of the molecule is C=CCN(CC=C)S(=O)(=O)c1ccc2nc(NC(=O)c3ccccc3C(=O)c3ccc(C)cc3)sc2c1. The van der Waals surface area contributed by atoms with Crippen LogP contribution >= 0.6 is 11.3 Å². The smallest absolute Gasteiger partial charge is 0.258 e. The van der Waals surface area contributed by atoms with Gasteiger partial charge in [0, 0.05) is 24.2 Å². The first-order valence-electron chi connectivity index (χ1n) is 11.4. The Morgan fingerprint density at radius 3 is 2.27 bits per heavy atom. The highest BCUT2D eigenvalue weighted by molar-refractivity contribution is 7.89. The van der Waals surface area contributed by atoms with Crippen molar-refractivity contribution in [3.8, 4) is 0 Å². The number of hydrogen-bond donors (Lipinski definition) is 1. The van der Waals surface area contributed by atoms with E-state index in [2.05, 4.69) is 23.5 Å². The van der Waals surface area contributed by atoms with E-state index in [-0.39, 0.29) is 34.9 Å². The third kappa shape index (κ3) is 5.59. The Morgan fingerprint density at radius 1 is 0.973 bits per heavy atom. The molecule has 1 N–H and O–H groups in total. The number of ketones is 1. The summed E-state index contributed by atoms with van der Waals surface area (Å²) in [6.07, 6.45) is 3.03. The zero-order chi connectivity index (χ0) is 26.6. The molecule has 0 unspecified atom stereocenters. The molecule has 0 spiro atoms. The Morgan fingerprint density at radius 2 is 1.62 bits per heavy atom. The third-order valence-corrected chi connectivity index (χ3v) is 8.37. The fourth-order valence-electron chi connectivity index (χ4n) is 3.73. The quantitative estimate of drug-likeness (QED) is 0.217. The van der Waals surface area contributed by atoms with Crippen molar-refractivity contribution < 1.29 is 18.0 Å². The molecule has 4 rings (SSSR count). The summed E-state index contributed by atoms with van der Waals surface area (Å²) in [7, 11) is -3.77. The van der Waals surface area contributed by atoms with Crippen LogP contribution in [0.25, 0.3) is 10.2 Å². The summed E-state index contributed by atoms with van der Waals surface area (Å²) in [6.45, 7) is 9.48. The van der Waals surface area contributed by atoms with E-state index < -0.39 is 15.9 Å². The number of fused-ring (bicyclic) bond motifs is 1. The predicted molar refractivity (Wildman–Crippen MR) is 148 cm³/mol. The zero-order valence-corrected chi connectivity index (χ0v) is 21.8. The van der Waals surface area contributed by atoms with Crippen molar-refractivity contribution in [2.45, 2.75) is 11.8 Å². The average molecular weight is 532 g/mol. The first-order valence-corrected chi connectivity index (χ1v) is 13.6. The van der Waals surface area contributed by atoms with Crippen molar-refractivity contribution in [2.24, 2.45) is 0 Å². The van der Waals surface area contributed by atoms with Crippen LogP contribution in [0, 0.1) is 6.92 Å². The first-order chi connectivity index (χ1) is 17.7. The first kappa shape index (κ1) is 26.2. The summed E-state index contributed by atoms with van der Waals surface area (Å²) in [6, 6.07) is 18.4. The van der Waals surface area contributed by atoms with Gasteiger partial charge in [-0.05, 0) is 31.2 Å². The van der Waals surface area contributed by atoms with Gasteiger partial charge in [0.1, 0.15) is 0 Å². The molecule has 0 saturated heterocycles. The fraction of sp³-hybridized carbons (Fsp3) is 0.107. The average Bonchev–Trinajstić information content (AvgIpc) is 3.30. The monoisotopic (exact) mass is 531 g/mol. The van der Waals surface area contributed by atoms with E-state index in [4.69, 9.17) is 0 Å². The maximum atomic E-state index is 13.1. The minimum absolute atomic E-state index is 0.110. The van der Waals surface area contributed by atoms with Gasteiger partial charge in [-0.1, -0.05) is 71.5 Å². The van der Waals surface area contributed by atoms with Crippen molar-refractivity contribution in [1.82, 2.24) is 9.29 Å². The summed E-state index contributed by atoms with van der Waals surface area (Å²) >= 11 is 1.15. The normalized spacial score (nSPS) is 11.4. The second-order valence-corrected chi connectivity index (χ2v) is 11.2. The number of nitrogens with one attached hydrogen (secondary N) is 1. The Balaban J connectivity index is 1.61. The highest BCUT2D eigenvalue weighted by Gasteiger charge is 2.24. The van der Waals surface area contributed by atoms with E-state index in [1.54, 1.807) is 42.5 Å². The van der Waals surface area contributed by atoms with Gasteiger partial charge < -0.3 is 0 Å². The number of hydrogen-bond acceptors (Lipinski definition) is 6. The Labute approximate surface area is 219 Å². The second-order valence-electron chi connectivity index (χ2n) is 8.24. The zero-order valence-electron chi connectivity index (χ0n) is 20.2. The van der Waals surface area contributed by atoms with Crippen LogP contribution in [0.15, 0.2) is 96.9 Å². The van der Waals surface area contributed by atoms with Crippen LogP contribution in [0.4, 0.5) is 5.13 Å². The van der Waals surface area contributed by atoms with Crippen LogP contribution in [0.2, 0.25) is 0 Å². The van der Waals surface area contributed by atoms with Crippen LogP contribution in [0.3, 0.4) is 0 Å². The minimum atomic E-state index is -3.77. The van der Waals surface area contributed by atoms with Gasteiger partial charge in [0.15, 0.2) is 10.9 Å². The van der Waals surface area contributed by atoms with Gasteiger partial charge in [-0.25, -0.2) is 13.4 Å². The molecular weight excluding hydrogens is 506 g/mol. The largest absolute Gasteiger partial charge is 0.298 e. The van der Waals surface area contributed by atoms with E-state index in [9.17, 15) is 18.0 Å². The van der Waals surface area contributed by atoms with Gasteiger partial charge in [-0.15, -0.1) is 13.2 Å². The number of aryl methyl sites for hydroxylation is 1. The van der Waals surface area contributed by atoms with Gasteiger partial charge in [-0.3, -0.25) is 14.9 Å². The van der Waals surface area contributed by atoms with E-state index in [1.165, 1.54) is 28.6 Å². The van der Waals surface area contributed by atoms with Gasteiger partial charge in [0.05, 0.1) is 20.7 Å². The number of sulfonamides is 1. The number of benzene rings is 3. The lowest BCUT2D eigenvalue weighted by Gasteiger charge is -2.18. The number of amides is 1. The van der Waals surface area contributed by atoms with Crippen LogP contribution < -0.4 is 5.32 Å². The molecule has 37 heavy (non-hydrogen) atoms. The van der Waals surface area contributed by atoms with E-state index >= 15 is 0 Å². The van der Waals surface area contributed by atoms with Gasteiger partial charge in [0.2, 0.25) is 10.0 Å². The van der Waals surface area contributed by atoms with Crippen molar-refractivity contribution in [1.29, 1.82) is 0 Å². The fourth-order valence-corrected chi connectivity index (χ4v) is 6.11. The summed E-state index contributed by atoms with van der Waals surface area (Å²) < 4.78 is 28.0. The summed E-state index contributed by atoms with van der Waals surface area (Å²) in [5, 5.41) is 3.05. The number of nitrogens with zero attached hydrogens (tertiary/aromatic N) is 2. The van der Waals surface area contributed by atoms with E-state index in [0.29, 0.717) is 20.9 Å². The Hall–Kier alpha value is -3.92. The molecule has 4 aromatic rings. The molecule has 7 nitrogen and oxygen atoms in total. The summed E-state index contributed by atoms with van der Waals surface area (Å²) in [5.41, 5.74) is 2.57. The molecule has 3 aromatic carbocycles. The van der Waals surface area contributed by atoms with Crippen LogP contribution in [-0.2, 0) is 10.0 Å². The molecule has 0 bridgehead atoms. The predicted octanol–water partition coefficient (Wildman–Crippen LogP) is 5.45. The molecule has 0 saturated carbocycles. The standard InChI is InChI=1S/C28H25N3O4S2/c1-4-16-31(17-5-2)37(34,35)21-14-15-24-25(18-21)36-28(29-24)30-27(33)23-9-7-6-8-22(23)26(32)20-12-10-19(3)11-13-20/h4-15,18H,1-2,16-17H2,3H3,(H,29,30,33). The highest BCUT2D eigenvalue weighted by Crippen LogP contribution is 2.30. The molecular formula is C28H25N3O4S2. The van der Waals surface area contributed by atoms with Crippen molar-refractivity contribution in [3.05, 3.63) is 114 Å². The van der Waals surface area contributed by atoms with Crippen molar-refractivity contribution in [2.75, 3.05) is 18.4 Å². The Bertz CT molecular complexity index is 1600. The van der Waals surface area contributed by atoms with Crippen LogP contribution in [-0.4, -0.2) is 42.5 Å². The lowest BCUT2D eigenvalue weighted by molar-refractivity contribution is 0.0996. The lowest BCUT2D eigenvalue weighted by Crippen LogP contribution is -2.31. The van der Waals surface area contributed by atoms with E-state index in [1.807, 2.05) is 19.1 Å². The van der Waals surface area contributed by atoms with E-state index in [0.717, 1.165) is 16.9 Å². The van der Waals surface area contributed by atoms with Crippen molar-refractivity contribution in [3.63, 3.8) is 0 Å². The number of thiazole rings is 1. The van der Waals surface area contributed by atoms with Crippen molar-refractivity contribution >= 4 is 48.4 Å². The van der Waals surface area contributed by atoms with Gasteiger partial charge >= 0.3 is 0 Å². The maximum Gasteiger partial charge on any atom is 0.258 e. The Kier molecular flexibility index (Phi) is 7.77. The molecule has 0 atom stereocenters. The van der Waals surface area contributed by atoms with Gasteiger partial charge in [-0.2, -0.15) is 4.31 Å². The third-order valence-electron chi connectivity index (χ3n) is 5.61. The molecule has 0 radical (unpaired) electrons. The number of carbonyl (C=O) groups excluding carboxylic acids is 2. The highest BCUT2D eigenvalue weighted by atomic mass is 32.2.